The lowest BCUT2D eigenvalue weighted by molar-refractivity contribution is 0.0946. The van der Waals surface area contributed by atoms with Gasteiger partial charge in [0.2, 0.25) is 11.7 Å². The van der Waals surface area contributed by atoms with Gasteiger partial charge in [0.05, 0.1) is 6.54 Å². The van der Waals surface area contributed by atoms with Crippen LogP contribution in [0.3, 0.4) is 0 Å². The molecule has 0 atom stereocenters. The maximum atomic E-state index is 13.1. The highest BCUT2D eigenvalue weighted by Gasteiger charge is 2.11. The summed E-state index contributed by atoms with van der Waals surface area (Å²) in [5, 5.41) is 6.99. The number of carbonyl (C=O) groups is 1. The summed E-state index contributed by atoms with van der Waals surface area (Å²) in [7, 11) is 0. The van der Waals surface area contributed by atoms with Gasteiger partial charge in [-0.05, 0) is 30.3 Å². The lowest BCUT2D eigenvalue weighted by atomic mass is 10.2. The van der Waals surface area contributed by atoms with Crippen LogP contribution in [0.4, 0.5) is 4.39 Å². The number of hydrogen-bond acceptors (Lipinski definition) is 4. The molecule has 0 aliphatic carbocycles. The molecular formula is C16H11ClFN3O2. The summed E-state index contributed by atoms with van der Waals surface area (Å²) < 4.78 is 18.2. The zero-order chi connectivity index (χ0) is 16.2. The minimum Gasteiger partial charge on any atom is -0.343 e. The maximum Gasteiger partial charge on any atom is 0.251 e. The third kappa shape index (κ3) is 3.73. The molecule has 0 spiro atoms. The van der Waals surface area contributed by atoms with Crippen LogP contribution in [0.1, 0.15) is 16.2 Å². The Morgan fingerprint density at radius 1 is 1.22 bits per heavy atom. The number of rotatable bonds is 4. The second kappa shape index (κ2) is 6.58. The Hall–Kier alpha value is -2.73. The summed E-state index contributed by atoms with van der Waals surface area (Å²) in [5.74, 6) is -0.280. The zero-order valence-corrected chi connectivity index (χ0v) is 12.5. The number of hydrogen-bond donors (Lipinski definition) is 1. The van der Waals surface area contributed by atoms with E-state index in [1.165, 1.54) is 18.2 Å². The predicted octanol–water partition coefficient (Wildman–Crippen LogP) is 3.46. The van der Waals surface area contributed by atoms with Crippen LogP contribution in [0.25, 0.3) is 11.4 Å². The highest BCUT2D eigenvalue weighted by molar-refractivity contribution is 6.30. The Balaban J connectivity index is 1.67. The molecule has 0 fully saturated rings. The third-order valence-corrected chi connectivity index (χ3v) is 3.27. The van der Waals surface area contributed by atoms with Gasteiger partial charge in [-0.25, -0.2) is 4.39 Å². The largest absolute Gasteiger partial charge is 0.343 e. The van der Waals surface area contributed by atoms with E-state index < -0.39 is 11.7 Å². The average molecular weight is 332 g/mol. The molecule has 0 radical (unpaired) electrons. The van der Waals surface area contributed by atoms with E-state index in [0.29, 0.717) is 16.4 Å². The number of aromatic nitrogens is 2. The van der Waals surface area contributed by atoms with E-state index in [1.54, 1.807) is 24.3 Å². The summed E-state index contributed by atoms with van der Waals surface area (Å²) in [6.07, 6.45) is 0. The van der Waals surface area contributed by atoms with Crippen LogP contribution in [0.15, 0.2) is 53.1 Å². The van der Waals surface area contributed by atoms with Crippen LogP contribution in [0.2, 0.25) is 5.02 Å². The topological polar surface area (TPSA) is 68.0 Å². The molecule has 0 aliphatic rings. The second-order valence-corrected chi connectivity index (χ2v) is 5.15. The summed E-state index contributed by atoms with van der Waals surface area (Å²) in [6.45, 7) is 0.0446. The molecule has 0 saturated carbocycles. The number of nitrogens with zero attached hydrogens (tertiary/aromatic N) is 2. The first kappa shape index (κ1) is 15.2. The summed E-state index contributed by atoms with van der Waals surface area (Å²) in [6, 6.07) is 12.4. The van der Waals surface area contributed by atoms with Crippen LogP contribution >= 0.6 is 11.6 Å². The molecule has 1 aromatic heterocycles. The van der Waals surface area contributed by atoms with Crippen molar-refractivity contribution in [3.8, 4) is 11.4 Å². The van der Waals surface area contributed by atoms with Crippen LogP contribution in [-0.2, 0) is 6.54 Å². The van der Waals surface area contributed by atoms with Gasteiger partial charge in [-0.3, -0.25) is 4.79 Å². The minimum absolute atomic E-state index is 0.0446. The number of amides is 1. The van der Waals surface area contributed by atoms with Crippen molar-refractivity contribution in [3.63, 3.8) is 0 Å². The molecule has 1 N–H and O–H groups in total. The van der Waals surface area contributed by atoms with Gasteiger partial charge in [0.15, 0.2) is 0 Å². The molecule has 3 aromatic rings. The van der Waals surface area contributed by atoms with Crippen molar-refractivity contribution in [1.29, 1.82) is 0 Å². The molecule has 5 nitrogen and oxygen atoms in total. The Labute approximate surface area is 136 Å². The van der Waals surface area contributed by atoms with Gasteiger partial charge < -0.3 is 9.84 Å². The SMILES string of the molecule is O=C(NCc1nc(-c2cccc(Cl)c2)no1)c1cccc(F)c1. The van der Waals surface area contributed by atoms with E-state index in [9.17, 15) is 9.18 Å². The van der Waals surface area contributed by atoms with E-state index >= 15 is 0 Å². The number of halogens is 2. The quantitative estimate of drug-likeness (QED) is 0.795. The standard InChI is InChI=1S/C16H11ClFN3O2/c17-12-5-1-3-10(7-12)15-20-14(23-21-15)9-19-16(22)11-4-2-6-13(18)8-11/h1-8H,9H2,(H,19,22). The summed E-state index contributed by atoms with van der Waals surface area (Å²) >= 11 is 5.91. The zero-order valence-electron chi connectivity index (χ0n) is 11.8. The van der Waals surface area contributed by atoms with E-state index in [0.717, 1.165) is 6.07 Å². The molecule has 0 unspecified atom stereocenters. The molecule has 23 heavy (non-hydrogen) atoms. The van der Waals surface area contributed by atoms with Crippen molar-refractivity contribution in [1.82, 2.24) is 15.5 Å². The highest BCUT2D eigenvalue weighted by Crippen LogP contribution is 2.19. The molecular weight excluding hydrogens is 321 g/mol. The Bertz CT molecular complexity index is 851. The Morgan fingerprint density at radius 2 is 2.04 bits per heavy atom. The molecule has 0 bridgehead atoms. The molecule has 7 heteroatoms. The van der Waals surface area contributed by atoms with Crippen molar-refractivity contribution in [3.05, 3.63) is 70.8 Å². The van der Waals surface area contributed by atoms with E-state index in [4.69, 9.17) is 16.1 Å². The van der Waals surface area contributed by atoms with Gasteiger partial charge >= 0.3 is 0 Å². The second-order valence-electron chi connectivity index (χ2n) is 4.72. The lowest BCUT2D eigenvalue weighted by Gasteiger charge is -2.02. The molecule has 1 heterocycles. The van der Waals surface area contributed by atoms with Crippen LogP contribution in [-0.4, -0.2) is 16.0 Å². The fourth-order valence-corrected chi connectivity index (χ4v) is 2.15. The van der Waals surface area contributed by atoms with Crippen LogP contribution in [0.5, 0.6) is 0 Å². The lowest BCUT2D eigenvalue weighted by Crippen LogP contribution is -2.23. The molecule has 2 aromatic carbocycles. The number of carbonyl (C=O) groups excluding carboxylic acids is 1. The molecule has 0 saturated heterocycles. The van der Waals surface area contributed by atoms with E-state index in [-0.39, 0.29) is 18.0 Å². The van der Waals surface area contributed by atoms with Crippen LogP contribution in [0, 0.1) is 5.82 Å². The van der Waals surface area contributed by atoms with Crippen molar-refractivity contribution in [2.24, 2.45) is 0 Å². The monoisotopic (exact) mass is 331 g/mol. The predicted molar refractivity (Wildman–Crippen MR) is 82.3 cm³/mol. The average Bonchev–Trinajstić information content (AvgIpc) is 3.01. The van der Waals surface area contributed by atoms with Gasteiger partial charge in [0.25, 0.3) is 5.91 Å². The Morgan fingerprint density at radius 3 is 2.83 bits per heavy atom. The number of nitrogens with one attached hydrogen (secondary N) is 1. The number of benzene rings is 2. The van der Waals surface area contributed by atoms with Gasteiger partial charge in [0.1, 0.15) is 5.82 Å². The highest BCUT2D eigenvalue weighted by atomic mass is 35.5. The summed E-state index contributed by atoms with van der Waals surface area (Å²) in [5.41, 5.74) is 0.934. The smallest absolute Gasteiger partial charge is 0.251 e. The molecule has 1 amide bonds. The van der Waals surface area contributed by atoms with Gasteiger partial charge in [-0.15, -0.1) is 0 Å². The first-order valence-corrected chi connectivity index (χ1v) is 7.12. The van der Waals surface area contributed by atoms with Crippen molar-refractivity contribution >= 4 is 17.5 Å². The van der Waals surface area contributed by atoms with E-state index in [1.807, 2.05) is 0 Å². The van der Waals surface area contributed by atoms with E-state index in [2.05, 4.69) is 15.5 Å². The Kier molecular flexibility index (Phi) is 4.34. The van der Waals surface area contributed by atoms with Crippen molar-refractivity contribution in [2.75, 3.05) is 0 Å². The molecule has 3 rings (SSSR count). The first-order chi connectivity index (χ1) is 11.1. The minimum atomic E-state index is -0.473. The first-order valence-electron chi connectivity index (χ1n) is 6.74. The normalized spacial score (nSPS) is 10.5. The summed E-state index contributed by atoms with van der Waals surface area (Å²) in [4.78, 5) is 16.1. The fourth-order valence-electron chi connectivity index (χ4n) is 1.96. The fraction of sp³-hybridized carbons (Fsp3) is 0.0625. The van der Waals surface area contributed by atoms with Crippen molar-refractivity contribution in [2.45, 2.75) is 6.54 Å². The van der Waals surface area contributed by atoms with Crippen LogP contribution < -0.4 is 5.32 Å². The van der Waals surface area contributed by atoms with Gasteiger partial charge in [0, 0.05) is 16.1 Å². The van der Waals surface area contributed by atoms with Gasteiger partial charge in [-0.1, -0.05) is 35.0 Å². The maximum absolute atomic E-state index is 13.1. The molecule has 0 aliphatic heterocycles. The van der Waals surface area contributed by atoms with Crippen molar-refractivity contribution < 1.29 is 13.7 Å². The van der Waals surface area contributed by atoms with Gasteiger partial charge in [-0.2, -0.15) is 4.98 Å². The molecule has 116 valence electrons. The third-order valence-electron chi connectivity index (χ3n) is 3.04.